The molecule has 82 valence electrons. The van der Waals surface area contributed by atoms with Gasteiger partial charge in [-0.15, -0.1) is 0 Å². The van der Waals surface area contributed by atoms with Gasteiger partial charge in [0.05, 0.1) is 0 Å². The lowest BCUT2D eigenvalue weighted by Gasteiger charge is -2.11. The third-order valence-electron chi connectivity index (χ3n) is 2.41. The monoisotopic (exact) mass is 339 g/mol. The zero-order chi connectivity index (χ0) is 11.4. The molecule has 16 heavy (non-hydrogen) atoms. The van der Waals surface area contributed by atoms with E-state index in [1.54, 1.807) is 0 Å². The fourth-order valence-corrected chi connectivity index (χ4v) is 3.21. The molecule has 1 heterocycles. The molecular weight excluding hydrogens is 330 g/mol. The summed E-state index contributed by atoms with van der Waals surface area (Å²) in [6, 6.07) is 12.4. The normalized spacial score (nSPS) is 12.4. The summed E-state index contributed by atoms with van der Waals surface area (Å²) < 4.78 is 1.14. The van der Waals surface area contributed by atoms with E-state index in [0.717, 1.165) is 10.9 Å². The van der Waals surface area contributed by atoms with Gasteiger partial charge in [0, 0.05) is 21.7 Å². The second kappa shape index (κ2) is 5.60. The Balaban J connectivity index is 2.15. The SMILES string of the molecule is Brc1ccccc1C(Br)Cc1ccncc1. The molecule has 1 aromatic heterocycles. The smallest absolute Gasteiger partial charge is 0.0446 e. The number of benzene rings is 1. The summed E-state index contributed by atoms with van der Waals surface area (Å²) in [6.45, 7) is 0. The van der Waals surface area contributed by atoms with Gasteiger partial charge in [0.25, 0.3) is 0 Å². The van der Waals surface area contributed by atoms with E-state index in [1.165, 1.54) is 11.1 Å². The summed E-state index contributed by atoms with van der Waals surface area (Å²) in [5.74, 6) is 0. The first-order valence-corrected chi connectivity index (χ1v) is 6.75. The van der Waals surface area contributed by atoms with E-state index >= 15 is 0 Å². The van der Waals surface area contributed by atoms with Gasteiger partial charge in [0.1, 0.15) is 0 Å². The summed E-state index contributed by atoms with van der Waals surface area (Å²) in [6.07, 6.45) is 4.62. The number of nitrogens with zero attached hydrogens (tertiary/aromatic N) is 1. The third kappa shape index (κ3) is 2.92. The van der Waals surface area contributed by atoms with Gasteiger partial charge in [-0.25, -0.2) is 0 Å². The summed E-state index contributed by atoms with van der Waals surface area (Å²) in [7, 11) is 0. The van der Waals surface area contributed by atoms with Crippen LogP contribution >= 0.6 is 31.9 Å². The maximum absolute atomic E-state index is 4.02. The number of rotatable bonds is 3. The number of pyridine rings is 1. The lowest BCUT2D eigenvalue weighted by Crippen LogP contribution is -1.96. The predicted molar refractivity (Wildman–Crippen MR) is 73.8 cm³/mol. The minimum Gasteiger partial charge on any atom is -0.265 e. The fourth-order valence-electron chi connectivity index (χ4n) is 1.56. The van der Waals surface area contributed by atoms with Crippen LogP contribution in [0.15, 0.2) is 53.3 Å². The van der Waals surface area contributed by atoms with E-state index in [4.69, 9.17) is 0 Å². The van der Waals surface area contributed by atoms with Crippen molar-refractivity contribution in [1.29, 1.82) is 0 Å². The molecule has 1 nitrogen and oxygen atoms in total. The van der Waals surface area contributed by atoms with E-state index in [1.807, 2.05) is 30.6 Å². The van der Waals surface area contributed by atoms with E-state index < -0.39 is 0 Å². The highest BCUT2D eigenvalue weighted by Crippen LogP contribution is 2.32. The fraction of sp³-hybridized carbons (Fsp3) is 0.154. The number of hydrogen-bond donors (Lipinski definition) is 0. The molecule has 0 N–H and O–H groups in total. The first-order chi connectivity index (χ1) is 7.77. The van der Waals surface area contributed by atoms with Crippen molar-refractivity contribution in [2.75, 3.05) is 0 Å². The molecule has 2 aromatic rings. The van der Waals surface area contributed by atoms with Crippen LogP contribution in [0.5, 0.6) is 0 Å². The lowest BCUT2D eigenvalue weighted by molar-refractivity contribution is 0.939. The third-order valence-corrected chi connectivity index (χ3v) is 3.95. The molecule has 0 amide bonds. The summed E-state index contributed by atoms with van der Waals surface area (Å²) in [4.78, 5) is 4.34. The highest BCUT2D eigenvalue weighted by atomic mass is 79.9. The van der Waals surface area contributed by atoms with Crippen molar-refractivity contribution in [1.82, 2.24) is 4.98 Å². The zero-order valence-corrected chi connectivity index (χ0v) is 11.8. The number of aromatic nitrogens is 1. The van der Waals surface area contributed by atoms with E-state index in [-0.39, 0.29) is 0 Å². The van der Waals surface area contributed by atoms with Crippen LogP contribution in [0.3, 0.4) is 0 Å². The molecule has 3 heteroatoms. The summed E-state index contributed by atoms with van der Waals surface area (Å²) >= 11 is 7.29. The maximum Gasteiger partial charge on any atom is 0.0446 e. The average molecular weight is 341 g/mol. The van der Waals surface area contributed by atoms with Crippen molar-refractivity contribution >= 4 is 31.9 Å². The molecule has 0 spiro atoms. The molecule has 0 bridgehead atoms. The van der Waals surface area contributed by atoms with Gasteiger partial charge in [-0.2, -0.15) is 0 Å². The number of hydrogen-bond acceptors (Lipinski definition) is 1. The molecule has 0 aliphatic heterocycles. The van der Waals surface area contributed by atoms with Crippen molar-refractivity contribution in [2.45, 2.75) is 11.2 Å². The zero-order valence-electron chi connectivity index (χ0n) is 8.61. The first-order valence-electron chi connectivity index (χ1n) is 5.05. The highest BCUT2D eigenvalue weighted by molar-refractivity contribution is 9.11. The lowest BCUT2D eigenvalue weighted by atomic mass is 10.1. The van der Waals surface area contributed by atoms with Gasteiger partial charge in [0.2, 0.25) is 0 Å². The van der Waals surface area contributed by atoms with Crippen LogP contribution in [0.4, 0.5) is 0 Å². The Labute approximate surface area is 112 Å². The molecule has 1 atom stereocenters. The molecule has 0 saturated carbocycles. The van der Waals surface area contributed by atoms with E-state index in [2.05, 4.69) is 55.0 Å². The van der Waals surface area contributed by atoms with Gasteiger partial charge in [0.15, 0.2) is 0 Å². The minimum absolute atomic E-state index is 0.325. The van der Waals surface area contributed by atoms with Crippen LogP contribution in [-0.4, -0.2) is 4.98 Å². The van der Waals surface area contributed by atoms with Crippen molar-refractivity contribution in [3.63, 3.8) is 0 Å². The largest absolute Gasteiger partial charge is 0.265 e. The van der Waals surface area contributed by atoms with Crippen molar-refractivity contribution in [3.8, 4) is 0 Å². The first kappa shape index (κ1) is 11.8. The quantitative estimate of drug-likeness (QED) is 0.748. The maximum atomic E-state index is 4.02. The standard InChI is InChI=1S/C13H11Br2N/c14-12-4-2-1-3-11(12)13(15)9-10-5-7-16-8-6-10/h1-8,13H,9H2. The van der Waals surface area contributed by atoms with Gasteiger partial charge < -0.3 is 0 Å². The molecule has 0 saturated heterocycles. The van der Waals surface area contributed by atoms with Crippen LogP contribution in [0.1, 0.15) is 16.0 Å². The Morgan fingerprint density at radius 1 is 1.06 bits per heavy atom. The van der Waals surface area contributed by atoms with Crippen molar-refractivity contribution in [2.24, 2.45) is 0 Å². The number of alkyl halides is 1. The van der Waals surface area contributed by atoms with Gasteiger partial charge in [-0.05, 0) is 35.7 Å². The van der Waals surface area contributed by atoms with Crippen LogP contribution in [0.2, 0.25) is 0 Å². The second-order valence-corrected chi connectivity index (χ2v) is 5.51. The minimum atomic E-state index is 0.325. The van der Waals surface area contributed by atoms with Crippen molar-refractivity contribution in [3.05, 3.63) is 64.4 Å². The topological polar surface area (TPSA) is 12.9 Å². The summed E-state index contributed by atoms with van der Waals surface area (Å²) in [5.41, 5.74) is 2.56. The van der Waals surface area contributed by atoms with Crippen molar-refractivity contribution < 1.29 is 0 Å². The van der Waals surface area contributed by atoms with E-state index in [9.17, 15) is 0 Å². The Hall–Kier alpha value is -0.670. The molecule has 0 radical (unpaired) electrons. The average Bonchev–Trinajstić information content (AvgIpc) is 2.31. The van der Waals surface area contributed by atoms with Crippen LogP contribution in [-0.2, 0) is 6.42 Å². The van der Waals surface area contributed by atoms with Gasteiger partial charge >= 0.3 is 0 Å². The molecule has 2 rings (SSSR count). The van der Waals surface area contributed by atoms with Crippen LogP contribution in [0, 0.1) is 0 Å². The molecule has 0 aliphatic rings. The molecule has 1 unspecified atom stereocenters. The molecule has 1 aromatic carbocycles. The highest BCUT2D eigenvalue weighted by Gasteiger charge is 2.10. The molecule has 0 aliphatic carbocycles. The molecular formula is C13H11Br2N. The Kier molecular flexibility index (Phi) is 4.13. The van der Waals surface area contributed by atoms with Gasteiger partial charge in [-0.1, -0.05) is 50.1 Å². The van der Waals surface area contributed by atoms with E-state index in [0.29, 0.717) is 4.83 Å². The van der Waals surface area contributed by atoms with Gasteiger partial charge in [-0.3, -0.25) is 4.98 Å². The number of halogens is 2. The summed E-state index contributed by atoms with van der Waals surface area (Å²) in [5, 5.41) is 0. The van der Waals surface area contributed by atoms with Crippen LogP contribution in [0.25, 0.3) is 0 Å². The Bertz CT molecular complexity index is 456. The van der Waals surface area contributed by atoms with Crippen LogP contribution < -0.4 is 0 Å². The Morgan fingerprint density at radius 3 is 2.44 bits per heavy atom. The second-order valence-electron chi connectivity index (χ2n) is 3.55. The predicted octanol–water partition coefficient (Wildman–Crippen LogP) is 4.52. The molecule has 0 fully saturated rings. The Morgan fingerprint density at radius 2 is 1.75 bits per heavy atom.